The molecule has 0 bridgehead atoms. The van der Waals surface area contributed by atoms with Gasteiger partial charge < -0.3 is 5.11 Å². The van der Waals surface area contributed by atoms with Crippen molar-refractivity contribution in [3.63, 3.8) is 0 Å². The molecule has 0 aromatic heterocycles. The second-order valence-corrected chi connectivity index (χ2v) is 4.94. The minimum atomic E-state index is -4.61. The molecule has 20 heavy (non-hydrogen) atoms. The fourth-order valence-corrected chi connectivity index (χ4v) is 1.93. The molecule has 0 heterocycles. The molecule has 1 amide bonds. The van der Waals surface area contributed by atoms with E-state index in [0.29, 0.717) is 0 Å². The number of carbonyl (C=O) groups excluding carboxylic acids is 1. The van der Waals surface area contributed by atoms with Gasteiger partial charge in [0.2, 0.25) is 5.91 Å². The predicted molar refractivity (Wildman–Crippen MR) is 68.5 cm³/mol. The van der Waals surface area contributed by atoms with Gasteiger partial charge in [-0.3, -0.25) is 9.63 Å². The van der Waals surface area contributed by atoms with E-state index in [1.54, 1.807) is 0 Å². The van der Waals surface area contributed by atoms with Gasteiger partial charge in [0.15, 0.2) is 0 Å². The van der Waals surface area contributed by atoms with Crippen LogP contribution in [0.1, 0.15) is 23.7 Å². The Balaban J connectivity index is 3.04. The number of rotatable bonds is 4. The molecular formula is C12H13BrF3NO3. The van der Waals surface area contributed by atoms with E-state index in [1.165, 1.54) is 20.2 Å². The third-order valence-electron chi connectivity index (χ3n) is 2.67. The summed E-state index contributed by atoms with van der Waals surface area (Å²) in [5.74, 6) is -0.629. The summed E-state index contributed by atoms with van der Waals surface area (Å²) in [7, 11) is 2.55. The quantitative estimate of drug-likeness (QED) is 0.844. The van der Waals surface area contributed by atoms with Gasteiger partial charge >= 0.3 is 6.18 Å². The van der Waals surface area contributed by atoms with Crippen LogP contribution in [-0.4, -0.2) is 30.2 Å². The molecule has 1 unspecified atom stereocenters. The van der Waals surface area contributed by atoms with Gasteiger partial charge in [0.05, 0.1) is 25.2 Å². The van der Waals surface area contributed by atoms with Crippen LogP contribution in [0.5, 0.6) is 0 Å². The molecule has 0 saturated heterocycles. The fourth-order valence-electron chi connectivity index (χ4n) is 1.57. The molecule has 1 aromatic carbocycles. The number of hydrogen-bond acceptors (Lipinski definition) is 3. The van der Waals surface area contributed by atoms with Gasteiger partial charge in [0.25, 0.3) is 0 Å². The summed E-state index contributed by atoms with van der Waals surface area (Å²) in [5, 5.41) is 10.7. The first kappa shape index (κ1) is 16.9. The van der Waals surface area contributed by atoms with Crippen molar-refractivity contribution in [3.8, 4) is 0 Å². The van der Waals surface area contributed by atoms with E-state index >= 15 is 0 Å². The van der Waals surface area contributed by atoms with Crippen molar-refractivity contribution in [2.45, 2.75) is 18.7 Å². The lowest BCUT2D eigenvalue weighted by Crippen LogP contribution is -2.27. The van der Waals surface area contributed by atoms with E-state index in [0.717, 1.165) is 17.2 Å². The maximum Gasteiger partial charge on any atom is 0.416 e. The molecule has 8 heteroatoms. The highest BCUT2D eigenvalue weighted by molar-refractivity contribution is 9.10. The summed E-state index contributed by atoms with van der Waals surface area (Å²) in [4.78, 5) is 16.1. The zero-order chi connectivity index (χ0) is 15.5. The first-order valence-corrected chi connectivity index (χ1v) is 6.31. The van der Waals surface area contributed by atoms with Gasteiger partial charge in [-0.15, -0.1) is 0 Å². The summed E-state index contributed by atoms with van der Waals surface area (Å²) in [5.41, 5.74) is -1.33. The monoisotopic (exact) mass is 355 g/mol. The van der Waals surface area contributed by atoms with Gasteiger partial charge in [0.1, 0.15) is 0 Å². The number of hydroxylamine groups is 2. The summed E-state index contributed by atoms with van der Waals surface area (Å²) in [6, 6.07) is 3.37. The third-order valence-corrected chi connectivity index (χ3v) is 3.17. The smallest absolute Gasteiger partial charge is 0.388 e. The first-order valence-electron chi connectivity index (χ1n) is 5.52. The van der Waals surface area contributed by atoms with Crippen molar-refractivity contribution in [3.05, 3.63) is 33.8 Å². The Morgan fingerprint density at radius 3 is 2.60 bits per heavy atom. The number of carbonyl (C=O) groups is 1. The van der Waals surface area contributed by atoms with Crippen LogP contribution in [0.25, 0.3) is 0 Å². The largest absolute Gasteiger partial charge is 0.416 e. The minimum absolute atomic E-state index is 0.237. The van der Waals surface area contributed by atoms with E-state index in [1.807, 2.05) is 0 Å². The molecule has 0 fully saturated rings. The van der Waals surface area contributed by atoms with Crippen LogP contribution in [0.3, 0.4) is 0 Å². The minimum Gasteiger partial charge on any atom is -0.388 e. The van der Waals surface area contributed by atoms with E-state index in [-0.39, 0.29) is 10.0 Å². The average Bonchev–Trinajstić information content (AvgIpc) is 2.36. The average molecular weight is 356 g/mol. The van der Waals surface area contributed by atoms with Crippen molar-refractivity contribution in [1.82, 2.24) is 5.06 Å². The number of halogens is 4. The normalized spacial score (nSPS) is 13.2. The molecule has 0 aliphatic carbocycles. The van der Waals surface area contributed by atoms with Crippen LogP contribution in [0.2, 0.25) is 0 Å². The standard InChI is InChI=1S/C12H13BrF3NO3/c1-17(20-2)11(19)6-10(18)8-4-3-7(13)5-9(8)12(14,15)16/h3-5,10,18H,6H2,1-2H3. The maximum absolute atomic E-state index is 12.9. The topological polar surface area (TPSA) is 49.8 Å². The van der Waals surface area contributed by atoms with E-state index < -0.39 is 30.2 Å². The molecule has 0 aliphatic rings. The van der Waals surface area contributed by atoms with Gasteiger partial charge in [-0.1, -0.05) is 22.0 Å². The lowest BCUT2D eigenvalue weighted by atomic mass is 9.99. The molecule has 0 saturated carbocycles. The molecule has 1 rings (SSSR count). The van der Waals surface area contributed by atoms with Gasteiger partial charge in [-0.25, -0.2) is 5.06 Å². The number of hydrogen-bond donors (Lipinski definition) is 1. The SMILES string of the molecule is CON(C)C(=O)CC(O)c1ccc(Br)cc1C(F)(F)F. The lowest BCUT2D eigenvalue weighted by molar-refractivity contribution is -0.171. The van der Waals surface area contributed by atoms with Crippen molar-refractivity contribution in [1.29, 1.82) is 0 Å². The van der Waals surface area contributed by atoms with Crippen LogP contribution >= 0.6 is 15.9 Å². The summed E-state index contributed by atoms with van der Waals surface area (Å²) < 4.78 is 38.9. The van der Waals surface area contributed by atoms with Gasteiger partial charge in [-0.05, 0) is 17.7 Å². The zero-order valence-corrected chi connectivity index (χ0v) is 12.3. The van der Waals surface area contributed by atoms with E-state index in [9.17, 15) is 23.1 Å². The van der Waals surface area contributed by atoms with Crippen molar-refractivity contribution in [2.24, 2.45) is 0 Å². The summed E-state index contributed by atoms with van der Waals surface area (Å²) in [6.45, 7) is 0. The highest BCUT2D eigenvalue weighted by Gasteiger charge is 2.35. The second kappa shape index (κ2) is 6.55. The van der Waals surface area contributed by atoms with Crippen LogP contribution in [-0.2, 0) is 15.8 Å². The van der Waals surface area contributed by atoms with Crippen LogP contribution in [0.4, 0.5) is 13.2 Å². The number of aliphatic hydroxyl groups is 1. The van der Waals surface area contributed by atoms with Gasteiger partial charge in [0, 0.05) is 11.5 Å². The highest BCUT2D eigenvalue weighted by atomic mass is 79.9. The highest BCUT2D eigenvalue weighted by Crippen LogP contribution is 2.37. The van der Waals surface area contributed by atoms with Gasteiger partial charge in [-0.2, -0.15) is 13.2 Å². The molecule has 1 atom stereocenters. The van der Waals surface area contributed by atoms with Crippen LogP contribution in [0.15, 0.2) is 22.7 Å². The number of aliphatic hydroxyl groups excluding tert-OH is 1. The van der Waals surface area contributed by atoms with Crippen LogP contribution in [0, 0.1) is 0 Å². The van der Waals surface area contributed by atoms with Crippen LogP contribution < -0.4 is 0 Å². The number of alkyl halides is 3. The Morgan fingerprint density at radius 1 is 1.50 bits per heavy atom. The Hall–Kier alpha value is -1.12. The number of nitrogens with zero attached hydrogens (tertiary/aromatic N) is 1. The zero-order valence-electron chi connectivity index (χ0n) is 10.7. The van der Waals surface area contributed by atoms with Crippen molar-refractivity contribution in [2.75, 3.05) is 14.2 Å². The lowest BCUT2D eigenvalue weighted by Gasteiger charge is -2.20. The Morgan fingerprint density at radius 2 is 2.10 bits per heavy atom. The fraction of sp³-hybridized carbons (Fsp3) is 0.417. The molecule has 0 aliphatic heterocycles. The van der Waals surface area contributed by atoms with E-state index in [4.69, 9.17) is 0 Å². The summed E-state index contributed by atoms with van der Waals surface area (Å²) in [6.07, 6.45) is -6.68. The predicted octanol–water partition coefficient (Wildman–Crippen LogP) is 2.91. The Kier molecular flexibility index (Phi) is 5.55. The summed E-state index contributed by atoms with van der Waals surface area (Å²) >= 11 is 2.95. The van der Waals surface area contributed by atoms with Crippen molar-refractivity contribution >= 4 is 21.8 Å². The Bertz CT molecular complexity index is 493. The first-order chi connectivity index (χ1) is 9.16. The second-order valence-electron chi connectivity index (χ2n) is 4.02. The molecule has 112 valence electrons. The molecular weight excluding hydrogens is 343 g/mol. The third kappa shape index (κ3) is 4.19. The molecule has 0 spiro atoms. The number of benzene rings is 1. The maximum atomic E-state index is 12.9. The number of amides is 1. The van der Waals surface area contributed by atoms with E-state index in [2.05, 4.69) is 20.8 Å². The molecule has 1 aromatic rings. The molecule has 0 radical (unpaired) electrons. The van der Waals surface area contributed by atoms with Crippen molar-refractivity contribution < 1.29 is 27.9 Å². The molecule has 4 nitrogen and oxygen atoms in total. The molecule has 1 N–H and O–H groups in total. The Labute approximate surface area is 122 Å².